The number of hydrogen-bond donors (Lipinski definition) is 0. The van der Waals surface area contributed by atoms with Gasteiger partial charge >= 0.3 is 0 Å². The summed E-state index contributed by atoms with van der Waals surface area (Å²) in [5, 5.41) is 9.28. The second-order valence-corrected chi connectivity index (χ2v) is 6.86. The summed E-state index contributed by atoms with van der Waals surface area (Å²) in [5.41, 5.74) is 2.58. The van der Waals surface area contributed by atoms with Gasteiger partial charge in [0.1, 0.15) is 15.0 Å². The van der Waals surface area contributed by atoms with E-state index in [0.29, 0.717) is 16.8 Å². The van der Waals surface area contributed by atoms with Crippen molar-refractivity contribution in [3.05, 3.63) is 26.1 Å². The van der Waals surface area contributed by atoms with Gasteiger partial charge < -0.3 is 0 Å². The number of hydrogen-bond acceptors (Lipinski definition) is 5. The second-order valence-electron chi connectivity index (χ2n) is 5.07. The summed E-state index contributed by atoms with van der Waals surface area (Å²) in [6, 6.07) is 0. The molecule has 3 rings (SSSR count). The Balaban J connectivity index is 2.34. The number of rotatable bonds is 3. The zero-order chi connectivity index (χ0) is 15.1. The molecule has 3 heterocycles. The van der Waals surface area contributed by atoms with E-state index < -0.39 is 0 Å². The lowest BCUT2D eigenvalue weighted by Gasteiger charge is -2.04. The molecule has 0 saturated heterocycles. The molecule has 110 valence electrons. The summed E-state index contributed by atoms with van der Waals surface area (Å²) < 4.78 is 3.06. The van der Waals surface area contributed by atoms with Gasteiger partial charge in [0.25, 0.3) is 5.56 Å². The molecule has 0 N–H and O–H groups in total. The zero-order valence-electron chi connectivity index (χ0n) is 12.1. The Morgan fingerprint density at radius 2 is 2.10 bits per heavy atom. The maximum atomic E-state index is 12.5. The summed E-state index contributed by atoms with van der Waals surface area (Å²) in [7, 11) is 0. The SMILES string of the molecule is CCCCn1nnc2c(sc3nc(C)c(Br)c(C)c32)c1=O. The third-order valence-electron chi connectivity index (χ3n) is 3.56. The normalized spacial score (nSPS) is 11.6. The number of unbranched alkanes of at least 4 members (excludes halogenated alkanes) is 1. The van der Waals surface area contributed by atoms with Crippen LogP contribution in [-0.2, 0) is 6.54 Å². The molecule has 3 aromatic heterocycles. The van der Waals surface area contributed by atoms with Gasteiger partial charge in [-0.05, 0) is 41.8 Å². The molecule has 0 aliphatic rings. The topological polar surface area (TPSA) is 60.7 Å². The molecule has 0 unspecified atom stereocenters. The molecule has 0 bridgehead atoms. The Hall–Kier alpha value is -1.34. The first-order chi connectivity index (χ1) is 10.0. The largest absolute Gasteiger partial charge is 0.287 e. The van der Waals surface area contributed by atoms with Gasteiger partial charge in [-0.3, -0.25) is 4.79 Å². The molecule has 7 heteroatoms. The van der Waals surface area contributed by atoms with Crippen LogP contribution < -0.4 is 5.56 Å². The molecule has 0 aliphatic heterocycles. The number of thiophene rings is 1. The molecule has 0 fully saturated rings. The van der Waals surface area contributed by atoms with E-state index in [4.69, 9.17) is 0 Å². The van der Waals surface area contributed by atoms with Crippen LogP contribution in [0, 0.1) is 13.8 Å². The molecule has 5 nitrogen and oxygen atoms in total. The standard InChI is InChI=1S/C14H15BrN4OS/c1-4-5-6-19-14(20)12-11(17-18-19)9-7(2)10(15)8(3)16-13(9)21-12/h4-6H2,1-3H3. The van der Waals surface area contributed by atoms with E-state index >= 15 is 0 Å². The molecule has 0 spiro atoms. The molecule has 3 aromatic rings. The molecule has 0 atom stereocenters. The van der Waals surface area contributed by atoms with E-state index in [1.54, 1.807) is 0 Å². The van der Waals surface area contributed by atoms with Crippen LogP contribution >= 0.6 is 27.3 Å². The Labute approximate surface area is 134 Å². The molecule has 0 saturated carbocycles. The van der Waals surface area contributed by atoms with Gasteiger partial charge in [-0.2, -0.15) is 0 Å². The number of aromatic nitrogens is 4. The lowest BCUT2D eigenvalue weighted by Crippen LogP contribution is -2.23. The minimum atomic E-state index is -0.0652. The van der Waals surface area contributed by atoms with E-state index in [-0.39, 0.29) is 5.56 Å². The van der Waals surface area contributed by atoms with E-state index in [2.05, 4.69) is 38.1 Å². The summed E-state index contributed by atoms with van der Waals surface area (Å²) >= 11 is 4.95. The lowest BCUT2D eigenvalue weighted by molar-refractivity contribution is 0.521. The third-order valence-corrected chi connectivity index (χ3v) is 5.79. The highest BCUT2D eigenvalue weighted by Gasteiger charge is 2.17. The second kappa shape index (κ2) is 5.46. The fourth-order valence-corrected chi connectivity index (χ4v) is 3.81. The van der Waals surface area contributed by atoms with Crippen LogP contribution in [0.2, 0.25) is 0 Å². The highest BCUT2D eigenvalue weighted by molar-refractivity contribution is 9.10. The van der Waals surface area contributed by atoms with Gasteiger partial charge in [-0.15, -0.1) is 16.4 Å². The van der Waals surface area contributed by atoms with Crippen LogP contribution in [0.15, 0.2) is 9.27 Å². The predicted molar refractivity (Wildman–Crippen MR) is 89.1 cm³/mol. The van der Waals surface area contributed by atoms with E-state index in [1.807, 2.05) is 13.8 Å². The molecular formula is C14H15BrN4OS. The number of pyridine rings is 1. The van der Waals surface area contributed by atoms with E-state index in [9.17, 15) is 4.79 Å². The van der Waals surface area contributed by atoms with Gasteiger partial charge in [0.2, 0.25) is 0 Å². The fourth-order valence-electron chi connectivity index (χ4n) is 2.36. The van der Waals surface area contributed by atoms with Crippen molar-refractivity contribution in [2.45, 2.75) is 40.2 Å². The maximum absolute atomic E-state index is 12.5. The quantitative estimate of drug-likeness (QED) is 0.710. The molecule has 21 heavy (non-hydrogen) atoms. The molecule has 0 radical (unpaired) electrons. The highest BCUT2D eigenvalue weighted by atomic mass is 79.9. The Bertz CT molecular complexity index is 899. The van der Waals surface area contributed by atoms with E-state index in [0.717, 1.165) is 38.8 Å². The highest BCUT2D eigenvalue weighted by Crippen LogP contribution is 2.35. The molecule has 0 amide bonds. The van der Waals surface area contributed by atoms with Crippen LogP contribution in [-0.4, -0.2) is 20.0 Å². The Morgan fingerprint density at radius 3 is 2.81 bits per heavy atom. The van der Waals surface area contributed by atoms with Crippen molar-refractivity contribution in [1.29, 1.82) is 0 Å². The van der Waals surface area contributed by atoms with Crippen molar-refractivity contribution in [3.63, 3.8) is 0 Å². The van der Waals surface area contributed by atoms with Crippen molar-refractivity contribution >= 4 is 47.7 Å². The Kier molecular flexibility index (Phi) is 3.79. The average Bonchev–Trinajstić information content (AvgIpc) is 2.83. The summed E-state index contributed by atoms with van der Waals surface area (Å²) in [6.07, 6.45) is 1.94. The zero-order valence-corrected chi connectivity index (χ0v) is 14.5. The van der Waals surface area contributed by atoms with Crippen molar-refractivity contribution < 1.29 is 0 Å². The lowest BCUT2D eigenvalue weighted by atomic mass is 10.1. The third kappa shape index (κ3) is 2.28. The van der Waals surface area contributed by atoms with Gasteiger partial charge in [-0.1, -0.05) is 18.6 Å². The monoisotopic (exact) mass is 366 g/mol. The number of fused-ring (bicyclic) bond motifs is 3. The smallest absolute Gasteiger partial charge is 0.266 e. The number of halogens is 1. The maximum Gasteiger partial charge on any atom is 0.287 e. The van der Waals surface area contributed by atoms with Gasteiger partial charge in [-0.25, -0.2) is 9.67 Å². The Morgan fingerprint density at radius 1 is 1.33 bits per heavy atom. The molecular weight excluding hydrogens is 352 g/mol. The molecule has 0 aliphatic carbocycles. The summed E-state index contributed by atoms with van der Waals surface area (Å²) in [5.74, 6) is 0. The van der Waals surface area contributed by atoms with Crippen LogP contribution in [0.25, 0.3) is 20.4 Å². The van der Waals surface area contributed by atoms with Crippen LogP contribution in [0.3, 0.4) is 0 Å². The van der Waals surface area contributed by atoms with Crippen LogP contribution in [0.5, 0.6) is 0 Å². The van der Waals surface area contributed by atoms with Crippen molar-refractivity contribution in [2.24, 2.45) is 0 Å². The fraction of sp³-hybridized carbons (Fsp3) is 0.429. The number of nitrogens with zero attached hydrogens (tertiary/aromatic N) is 4. The van der Waals surface area contributed by atoms with Crippen molar-refractivity contribution in [1.82, 2.24) is 20.0 Å². The first-order valence-corrected chi connectivity index (χ1v) is 8.48. The predicted octanol–water partition coefficient (Wildman–Crippen LogP) is 3.58. The summed E-state index contributed by atoms with van der Waals surface area (Å²) in [6.45, 7) is 6.66. The minimum absolute atomic E-state index is 0.0652. The van der Waals surface area contributed by atoms with Crippen LogP contribution in [0.1, 0.15) is 31.0 Å². The number of aryl methyl sites for hydroxylation is 3. The first kappa shape index (κ1) is 14.6. The van der Waals surface area contributed by atoms with Gasteiger partial charge in [0, 0.05) is 16.4 Å². The van der Waals surface area contributed by atoms with Gasteiger partial charge in [0.05, 0.1) is 5.69 Å². The van der Waals surface area contributed by atoms with E-state index in [1.165, 1.54) is 16.0 Å². The summed E-state index contributed by atoms with van der Waals surface area (Å²) in [4.78, 5) is 17.9. The van der Waals surface area contributed by atoms with Crippen molar-refractivity contribution in [3.8, 4) is 0 Å². The molecule has 0 aromatic carbocycles. The van der Waals surface area contributed by atoms with Crippen molar-refractivity contribution in [2.75, 3.05) is 0 Å². The first-order valence-electron chi connectivity index (χ1n) is 6.87. The average molecular weight is 367 g/mol. The van der Waals surface area contributed by atoms with Crippen LogP contribution in [0.4, 0.5) is 0 Å². The minimum Gasteiger partial charge on any atom is -0.266 e. The van der Waals surface area contributed by atoms with Gasteiger partial charge in [0.15, 0.2) is 0 Å².